The molecule has 0 amide bonds. The summed E-state index contributed by atoms with van der Waals surface area (Å²) in [5.74, 6) is 0.202. The molecule has 2 heterocycles. The molecule has 0 saturated heterocycles. The third-order valence-corrected chi connectivity index (χ3v) is 2.39. The van der Waals surface area contributed by atoms with Crippen LogP contribution in [-0.4, -0.2) is 25.8 Å². The summed E-state index contributed by atoms with van der Waals surface area (Å²) in [6.45, 7) is 2.64. The maximum absolute atomic E-state index is 10.8. The number of hydrogen-bond donors (Lipinski definition) is 2. The van der Waals surface area contributed by atoms with Crippen molar-refractivity contribution in [3.05, 3.63) is 35.3 Å². The number of aryl methyl sites for hydroxylation is 2. The maximum Gasteiger partial charge on any atom is 0.372 e. The molecule has 0 aliphatic rings. The minimum atomic E-state index is -1.05. The van der Waals surface area contributed by atoms with Gasteiger partial charge >= 0.3 is 5.97 Å². The Balaban J connectivity index is 1.90. The Kier molecular flexibility index (Phi) is 3.42. The number of carboxylic acids is 1. The van der Waals surface area contributed by atoms with Crippen molar-refractivity contribution >= 4 is 5.97 Å². The quantitative estimate of drug-likeness (QED) is 0.811. The summed E-state index contributed by atoms with van der Waals surface area (Å²) in [7, 11) is 1.80. The number of nitrogens with zero attached hydrogens (tertiary/aromatic N) is 3. The lowest BCUT2D eigenvalue weighted by Crippen LogP contribution is -2.13. The fourth-order valence-corrected chi connectivity index (χ4v) is 1.61. The zero-order chi connectivity index (χ0) is 13.1. The van der Waals surface area contributed by atoms with Gasteiger partial charge in [0.1, 0.15) is 12.1 Å². The first-order valence-corrected chi connectivity index (χ1v) is 5.44. The molecule has 0 saturated carbocycles. The summed E-state index contributed by atoms with van der Waals surface area (Å²) in [6.07, 6.45) is 1.62. The van der Waals surface area contributed by atoms with Crippen molar-refractivity contribution in [2.45, 2.75) is 20.0 Å². The molecule has 0 radical (unpaired) electrons. The van der Waals surface area contributed by atoms with Crippen LogP contribution >= 0.6 is 0 Å². The normalized spacial score (nSPS) is 10.8. The van der Waals surface area contributed by atoms with Crippen LogP contribution in [0.25, 0.3) is 0 Å². The van der Waals surface area contributed by atoms with Gasteiger partial charge in [0.15, 0.2) is 5.82 Å². The summed E-state index contributed by atoms with van der Waals surface area (Å²) in [6, 6.07) is 1.71. The van der Waals surface area contributed by atoms with Gasteiger partial charge in [-0.2, -0.15) is 5.10 Å². The minimum absolute atomic E-state index is 0.0113. The highest BCUT2D eigenvalue weighted by Gasteiger charge is 2.13. The first-order valence-electron chi connectivity index (χ1n) is 5.44. The first kappa shape index (κ1) is 12.3. The smallest absolute Gasteiger partial charge is 0.372 e. The Morgan fingerprint density at radius 1 is 1.56 bits per heavy atom. The highest BCUT2D eigenvalue weighted by atomic mass is 16.4. The van der Waals surface area contributed by atoms with Crippen LogP contribution in [0.3, 0.4) is 0 Å². The molecule has 0 unspecified atom stereocenters. The van der Waals surface area contributed by atoms with E-state index < -0.39 is 5.97 Å². The van der Waals surface area contributed by atoms with Gasteiger partial charge < -0.3 is 14.8 Å². The Morgan fingerprint density at radius 3 is 2.89 bits per heavy atom. The molecule has 0 fully saturated rings. The van der Waals surface area contributed by atoms with Crippen molar-refractivity contribution < 1.29 is 14.3 Å². The molecular weight excluding hydrogens is 236 g/mol. The van der Waals surface area contributed by atoms with Gasteiger partial charge in [-0.3, -0.25) is 4.68 Å². The molecule has 96 valence electrons. The molecule has 0 spiro atoms. The Bertz CT molecular complexity index is 558. The van der Waals surface area contributed by atoms with E-state index in [4.69, 9.17) is 9.52 Å². The van der Waals surface area contributed by atoms with Gasteiger partial charge in [0.25, 0.3) is 0 Å². The maximum atomic E-state index is 10.8. The zero-order valence-electron chi connectivity index (χ0n) is 10.2. The van der Waals surface area contributed by atoms with Crippen molar-refractivity contribution in [2.24, 2.45) is 7.05 Å². The van der Waals surface area contributed by atoms with E-state index >= 15 is 0 Å². The van der Waals surface area contributed by atoms with E-state index in [-0.39, 0.29) is 5.76 Å². The number of rotatable bonds is 5. The van der Waals surface area contributed by atoms with Crippen molar-refractivity contribution in [2.75, 3.05) is 0 Å². The number of hydrogen-bond acceptors (Lipinski definition) is 5. The van der Waals surface area contributed by atoms with Crippen LogP contribution in [0, 0.1) is 6.92 Å². The summed E-state index contributed by atoms with van der Waals surface area (Å²) in [4.78, 5) is 14.9. The number of nitrogens with one attached hydrogen (secondary N) is 1. The lowest BCUT2D eigenvalue weighted by atomic mass is 10.2. The number of carboxylic acid groups (broad SMARTS) is 1. The highest BCUT2D eigenvalue weighted by molar-refractivity contribution is 5.86. The first-order chi connectivity index (χ1) is 8.56. The van der Waals surface area contributed by atoms with Gasteiger partial charge in [-0.15, -0.1) is 0 Å². The lowest BCUT2D eigenvalue weighted by molar-refractivity contribution is 0.0659. The molecule has 7 heteroatoms. The van der Waals surface area contributed by atoms with E-state index in [9.17, 15) is 4.79 Å². The Morgan fingerprint density at radius 2 is 2.33 bits per heavy atom. The standard InChI is InChI=1S/C11H14N4O3/c1-7-3-8(18-10(7)11(16)17)4-12-5-9-13-6-15(2)14-9/h3,6,12H,4-5H2,1-2H3,(H,16,17). The summed E-state index contributed by atoms with van der Waals surface area (Å²) in [5.41, 5.74) is 0.621. The Hall–Kier alpha value is -2.15. The van der Waals surface area contributed by atoms with Crippen molar-refractivity contribution in [1.29, 1.82) is 0 Å². The van der Waals surface area contributed by atoms with Crippen LogP contribution in [0.15, 0.2) is 16.8 Å². The largest absolute Gasteiger partial charge is 0.475 e. The third-order valence-electron chi connectivity index (χ3n) is 2.39. The molecular formula is C11H14N4O3. The summed E-state index contributed by atoms with van der Waals surface area (Å²) >= 11 is 0. The molecule has 2 rings (SSSR count). The van der Waals surface area contributed by atoms with Gasteiger partial charge in [-0.25, -0.2) is 9.78 Å². The van der Waals surface area contributed by atoms with Crippen LogP contribution in [0.4, 0.5) is 0 Å². The third kappa shape index (κ3) is 2.75. The zero-order valence-corrected chi connectivity index (χ0v) is 10.2. The van der Waals surface area contributed by atoms with E-state index in [1.807, 2.05) is 0 Å². The van der Waals surface area contributed by atoms with E-state index in [0.29, 0.717) is 30.2 Å². The number of carbonyl (C=O) groups is 1. The second-order valence-corrected chi connectivity index (χ2v) is 3.97. The average molecular weight is 250 g/mol. The monoisotopic (exact) mass is 250 g/mol. The molecule has 2 aromatic heterocycles. The van der Waals surface area contributed by atoms with E-state index in [1.165, 1.54) is 0 Å². The van der Waals surface area contributed by atoms with E-state index in [2.05, 4.69) is 15.4 Å². The average Bonchev–Trinajstić information content (AvgIpc) is 2.85. The lowest BCUT2D eigenvalue weighted by Gasteiger charge is -1.98. The number of aromatic carboxylic acids is 1. The van der Waals surface area contributed by atoms with Crippen molar-refractivity contribution in [1.82, 2.24) is 20.1 Å². The summed E-state index contributed by atoms with van der Waals surface area (Å²) < 4.78 is 6.83. The summed E-state index contributed by atoms with van der Waals surface area (Å²) in [5, 5.41) is 16.0. The Labute approximate surface area is 103 Å². The molecule has 0 aliphatic carbocycles. The highest BCUT2D eigenvalue weighted by Crippen LogP contribution is 2.14. The van der Waals surface area contributed by atoms with Crippen LogP contribution in [0.2, 0.25) is 0 Å². The molecule has 0 bridgehead atoms. The van der Waals surface area contributed by atoms with Gasteiger partial charge in [0.2, 0.25) is 5.76 Å². The number of furan rings is 1. The van der Waals surface area contributed by atoms with Gasteiger partial charge in [-0.1, -0.05) is 0 Å². The van der Waals surface area contributed by atoms with Gasteiger partial charge in [-0.05, 0) is 13.0 Å². The van der Waals surface area contributed by atoms with Gasteiger partial charge in [0.05, 0.1) is 13.1 Å². The molecule has 0 aromatic carbocycles. The van der Waals surface area contributed by atoms with Crippen LogP contribution < -0.4 is 5.32 Å². The predicted molar refractivity (Wildman–Crippen MR) is 62.0 cm³/mol. The van der Waals surface area contributed by atoms with Crippen molar-refractivity contribution in [3.8, 4) is 0 Å². The van der Waals surface area contributed by atoms with Crippen LogP contribution in [0.1, 0.15) is 27.7 Å². The predicted octanol–water partition coefficient (Wildman–Crippen LogP) is 0.705. The molecule has 0 atom stereocenters. The van der Waals surface area contributed by atoms with Crippen LogP contribution in [0.5, 0.6) is 0 Å². The molecule has 18 heavy (non-hydrogen) atoms. The van der Waals surface area contributed by atoms with Crippen molar-refractivity contribution in [3.63, 3.8) is 0 Å². The second-order valence-electron chi connectivity index (χ2n) is 3.97. The fourth-order valence-electron chi connectivity index (χ4n) is 1.61. The number of aromatic nitrogens is 3. The van der Waals surface area contributed by atoms with E-state index in [0.717, 1.165) is 0 Å². The molecule has 0 aliphatic heterocycles. The topological polar surface area (TPSA) is 93.2 Å². The van der Waals surface area contributed by atoms with Gasteiger partial charge in [0, 0.05) is 12.6 Å². The minimum Gasteiger partial charge on any atom is -0.475 e. The molecule has 7 nitrogen and oxygen atoms in total. The second kappa shape index (κ2) is 5.01. The molecule has 2 N–H and O–H groups in total. The van der Waals surface area contributed by atoms with E-state index in [1.54, 1.807) is 31.0 Å². The van der Waals surface area contributed by atoms with Crippen LogP contribution in [-0.2, 0) is 20.1 Å². The fraction of sp³-hybridized carbons (Fsp3) is 0.364. The molecule has 2 aromatic rings. The SMILES string of the molecule is Cc1cc(CNCc2ncn(C)n2)oc1C(=O)O.